The fourth-order valence-corrected chi connectivity index (χ4v) is 3.81. The zero-order valence-electron chi connectivity index (χ0n) is 15.4. The Morgan fingerprint density at radius 3 is 2.67 bits per heavy atom. The predicted molar refractivity (Wildman–Crippen MR) is 105 cm³/mol. The number of rotatable bonds is 5. The van der Waals surface area contributed by atoms with Gasteiger partial charge in [0.05, 0.1) is 4.92 Å². The molecule has 3 atom stereocenters. The molecule has 1 aromatic heterocycles. The van der Waals surface area contributed by atoms with Crippen LogP contribution in [0.1, 0.15) is 44.1 Å². The van der Waals surface area contributed by atoms with Crippen LogP contribution in [0.3, 0.4) is 0 Å². The number of nitrogens with zero attached hydrogens (tertiary/aromatic N) is 1. The quantitative estimate of drug-likeness (QED) is 0.399. The smallest absolute Gasteiger partial charge is 0.273 e. The van der Waals surface area contributed by atoms with Crippen molar-refractivity contribution in [1.82, 2.24) is 0 Å². The number of carbonyl (C=O) groups is 1. The van der Waals surface area contributed by atoms with E-state index >= 15 is 0 Å². The van der Waals surface area contributed by atoms with Gasteiger partial charge in [0, 0.05) is 29.0 Å². The summed E-state index contributed by atoms with van der Waals surface area (Å²) in [5, 5.41) is 11.6. The highest BCUT2D eigenvalue weighted by Gasteiger charge is 2.41. The van der Waals surface area contributed by atoms with E-state index in [2.05, 4.69) is 0 Å². The molecule has 7 heteroatoms. The first kappa shape index (κ1) is 19.2. The number of aryl methyl sites for hydroxylation is 1. The second kappa shape index (κ2) is 7.60. The highest BCUT2D eigenvalue weighted by molar-refractivity contribution is 7.80. The van der Waals surface area contributed by atoms with Crippen molar-refractivity contribution in [2.75, 3.05) is 0 Å². The van der Waals surface area contributed by atoms with Gasteiger partial charge >= 0.3 is 0 Å². The Labute approximate surface area is 162 Å². The van der Waals surface area contributed by atoms with Gasteiger partial charge in [-0.1, -0.05) is 32.4 Å². The largest absolute Gasteiger partial charge is 0.468 e. The minimum absolute atomic E-state index is 0.0210. The van der Waals surface area contributed by atoms with Gasteiger partial charge in [-0.2, -0.15) is 0 Å². The topological polar surface area (TPSA) is 82.6 Å². The van der Waals surface area contributed by atoms with Gasteiger partial charge in [-0.05, 0) is 37.7 Å². The first-order valence-electron chi connectivity index (χ1n) is 8.92. The van der Waals surface area contributed by atoms with E-state index in [-0.39, 0.29) is 23.3 Å². The highest BCUT2D eigenvalue weighted by Crippen LogP contribution is 2.37. The van der Waals surface area contributed by atoms with Gasteiger partial charge in [0.15, 0.2) is 16.6 Å². The second-order valence-corrected chi connectivity index (χ2v) is 7.27. The van der Waals surface area contributed by atoms with Crippen molar-refractivity contribution in [2.45, 2.75) is 39.7 Å². The van der Waals surface area contributed by atoms with Gasteiger partial charge in [-0.3, -0.25) is 14.9 Å². The van der Waals surface area contributed by atoms with E-state index in [1.807, 2.05) is 13.8 Å². The number of hydrogen-bond acceptors (Lipinski definition) is 6. The van der Waals surface area contributed by atoms with Crippen LogP contribution in [0.5, 0.6) is 0 Å². The molecular formula is C20H21NO5S. The number of ketones is 1. The summed E-state index contributed by atoms with van der Waals surface area (Å²) in [5.41, 5.74) is 1.16. The molecule has 0 amide bonds. The van der Waals surface area contributed by atoms with Gasteiger partial charge in [-0.15, -0.1) is 0 Å². The summed E-state index contributed by atoms with van der Waals surface area (Å²) >= 11 is 5.37. The van der Waals surface area contributed by atoms with Gasteiger partial charge in [-0.25, -0.2) is 0 Å². The number of nitro benzene ring substituents is 1. The lowest BCUT2D eigenvalue weighted by molar-refractivity contribution is -0.385. The number of thiocarbonyl (C=S) groups is 1. The van der Waals surface area contributed by atoms with Crippen LogP contribution in [0.4, 0.5) is 5.69 Å². The van der Waals surface area contributed by atoms with E-state index in [1.54, 1.807) is 31.2 Å². The van der Waals surface area contributed by atoms with E-state index in [4.69, 9.17) is 21.4 Å². The molecule has 1 aliphatic rings. The maximum atomic E-state index is 12.8. The van der Waals surface area contributed by atoms with E-state index < -0.39 is 11.0 Å². The Bertz CT molecular complexity index is 904. The number of carbonyl (C=O) groups excluding carboxylic acids is 1. The van der Waals surface area contributed by atoms with Gasteiger partial charge in [0.2, 0.25) is 6.10 Å². The molecule has 2 unspecified atom stereocenters. The second-order valence-electron chi connectivity index (χ2n) is 6.86. The monoisotopic (exact) mass is 387 g/mol. The minimum Gasteiger partial charge on any atom is -0.468 e. The van der Waals surface area contributed by atoms with Crippen molar-refractivity contribution in [3.63, 3.8) is 0 Å². The van der Waals surface area contributed by atoms with Crippen LogP contribution in [0, 0.1) is 28.9 Å². The van der Waals surface area contributed by atoms with Crippen LogP contribution in [0.2, 0.25) is 0 Å². The SMILES string of the molecule is CCCC1C(=S)OC(c2ccc(-c3ccc(C)c([N+](=O)[O-])c3)o2)C(=O)[C@H]1C. The molecule has 27 heavy (non-hydrogen) atoms. The number of nitro groups is 1. The molecule has 0 aliphatic carbocycles. The molecule has 0 radical (unpaired) electrons. The summed E-state index contributed by atoms with van der Waals surface area (Å²) in [6.45, 7) is 5.60. The first-order chi connectivity index (χ1) is 12.8. The maximum absolute atomic E-state index is 12.8. The van der Waals surface area contributed by atoms with Crippen LogP contribution >= 0.6 is 12.2 Å². The molecular weight excluding hydrogens is 366 g/mol. The fraction of sp³-hybridized carbons (Fsp3) is 0.400. The molecule has 6 nitrogen and oxygen atoms in total. The third-order valence-corrected chi connectivity index (χ3v) is 5.42. The van der Waals surface area contributed by atoms with Crippen molar-refractivity contribution in [1.29, 1.82) is 0 Å². The lowest BCUT2D eigenvalue weighted by Gasteiger charge is -2.33. The average Bonchev–Trinajstić information content (AvgIpc) is 3.11. The third kappa shape index (κ3) is 3.64. The molecule has 1 aromatic carbocycles. The van der Waals surface area contributed by atoms with Crippen LogP contribution in [0.15, 0.2) is 34.7 Å². The zero-order valence-corrected chi connectivity index (χ0v) is 16.2. The summed E-state index contributed by atoms with van der Waals surface area (Å²) in [5.74, 6) is 0.465. The summed E-state index contributed by atoms with van der Waals surface area (Å²) in [6.07, 6.45) is 0.873. The molecule has 2 heterocycles. The van der Waals surface area contributed by atoms with Crippen LogP contribution < -0.4 is 0 Å². The Balaban J connectivity index is 1.88. The number of hydrogen-bond donors (Lipinski definition) is 0. The molecule has 1 aliphatic heterocycles. The lowest BCUT2D eigenvalue weighted by Crippen LogP contribution is -2.39. The third-order valence-electron chi connectivity index (χ3n) is 5.02. The Morgan fingerprint density at radius 1 is 1.26 bits per heavy atom. The van der Waals surface area contributed by atoms with E-state index in [1.165, 1.54) is 6.07 Å². The predicted octanol–water partition coefficient (Wildman–Crippen LogP) is 5.18. The summed E-state index contributed by atoms with van der Waals surface area (Å²) in [6, 6.07) is 8.24. The van der Waals surface area contributed by atoms with Gasteiger partial charge < -0.3 is 9.15 Å². The number of furan rings is 1. The molecule has 1 saturated heterocycles. The molecule has 2 aromatic rings. The number of benzene rings is 1. The summed E-state index contributed by atoms with van der Waals surface area (Å²) in [7, 11) is 0. The molecule has 0 bridgehead atoms. The van der Waals surface area contributed by atoms with Crippen molar-refractivity contribution in [3.8, 4) is 11.3 Å². The molecule has 1 fully saturated rings. The zero-order chi connectivity index (χ0) is 19.7. The summed E-state index contributed by atoms with van der Waals surface area (Å²) < 4.78 is 11.5. The lowest BCUT2D eigenvalue weighted by atomic mass is 9.82. The number of ether oxygens (including phenoxy) is 1. The van der Waals surface area contributed by atoms with E-state index in [0.717, 1.165) is 12.8 Å². The molecule has 142 valence electrons. The molecule has 0 spiro atoms. The van der Waals surface area contributed by atoms with E-state index in [0.29, 0.717) is 27.7 Å². The maximum Gasteiger partial charge on any atom is 0.273 e. The Morgan fingerprint density at radius 2 is 2.00 bits per heavy atom. The first-order valence-corrected chi connectivity index (χ1v) is 9.33. The van der Waals surface area contributed by atoms with Crippen molar-refractivity contribution in [2.24, 2.45) is 11.8 Å². The van der Waals surface area contributed by atoms with Crippen molar-refractivity contribution >= 4 is 28.7 Å². The minimum atomic E-state index is -0.866. The Hall–Kier alpha value is -2.54. The average molecular weight is 387 g/mol. The summed E-state index contributed by atoms with van der Waals surface area (Å²) in [4.78, 5) is 23.5. The fourth-order valence-electron chi connectivity index (χ4n) is 3.39. The van der Waals surface area contributed by atoms with Crippen molar-refractivity contribution < 1.29 is 18.9 Å². The molecule has 0 saturated carbocycles. The van der Waals surface area contributed by atoms with Crippen molar-refractivity contribution in [3.05, 3.63) is 51.8 Å². The Kier molecular flexibility index (Phi) is 5.41. The van der Waals surface area contributed by atoms with Crippen LogP contribution in [-0.4, -0.2) is 15.8 Å². The van der Waals surface area contributed by atoms with Crippen LogP contribution in [0.25, 0.3) is 11.3 Å². The molecule has 3 rings (SSSR count). The van der Waals surface area contributed by atoms with E-state index in [9.17, 15) is 14.9 Å². The number of Topliss-reactive ketones (excluding diaryl/α,β-unsaturated/α-hetero) is 1. The van der Waals surface area contributed by atoms with Crippen LogP contribution in [-0.2, 0) is 9.53 Å². The van der Waals surface area contributed by atoms with Gasteiger partial charge in [0.25, 0.3) is 5.69 Å². The molecule has 0 N–H and O–H groups in total. The van der Waals surface area contributed by atoms with Gasteiger partial charge in [0.1, 0.15) is 5.76 Å². The standard InChI is InChI=1S/C20H21NO5S/c1-4-5-14-12(3)18(22)19(26-20(14)27)17-9-8-16(25-17)13-7-6-11(2)15(10-13)21(23)24/h6-10,12,14,19H,4-5H2,1-3H3/t12-,14?,19?/m0/s1. The highest BCUT2D eigenvalue weighted by atomic mass is 32.1. The normalized spacial score (nSPS) is 22.6.